The minimum atomic E-state index is -0.848. The number of phenols is 1. The number of benzene rings is 1. The molecule has 1 unspecified atom stereocenters. The molecular formula is C27H38O4. The van der Waals surface area contributed by atoms with Gasteiger partial charge in [-0.2, -0.15) is 0 Å². The average molecular weight is 427 g/mol. The Kier molecular flexibility index (Phi) is 8.55. The van der Waals surface area contributed by atoms with Crippen LogP contribution < -0.4 is 4.74 Å². The fourth-order valence-corrected chi connectivity index (χ4v) is 4.18. The van der Waals surface area contributed by atoms with Gasteiger partial charge in [0.2, 0.25) is 0 Å². The molecule has 0 fully saturated rings. The monoisotopic (exact) mass is 426 g/mol. The van der Waals surface area contributed by atoms with E-state index in [-0.39, 0.29) is 5.60 Å². The van der Waals surface area contributed by atoms with Gasteiger partial charge >= 0.3 is 5.97 Å². The number of carbonyl (C=O) groups is 1. The number of phenolic OH excluding ortho intramolecular Hbond substituents is 1. The third kappa shape index (κ3) is 7.30. The van der Waals surface area contributed by atoms with E-state index < -0.39 is 5.97 Å². The van der Waals surface area contributed by atoms with Crippen molar-refractivity contribution in [3.05, 3.63) is 57.7 Å². The molecule has 0 saturated heterocycles. The maximum Gasteiger partial charge on any atom is 0.335 e. The van der Waals surface area contributed by atoms with Crippen LogP contribution in [-0.4, -0.2) is 21.8 Å². The number of carboxylic acids is 1. The first-order chi connectivity index (χ1) is 14.5. The molecule has 0 bridgehead atoms. The summed E-state index contributed by atoms with van der Waals surface area (Å²) in [6.45, 7) is 12.1. The zero-order valence-corrected chi connectivity index (χ0v) is 20.0. The molecule has 0 saturated carbocycles. The number of aliphatic carboxylic acids is 1. The lowest BCUT2D eigenvalue weighted by Gasteiger charge is -2.36. The van der Waals surface area contributed by atoms with Crippen molar-refractivity contribution in [3.63, 3.8) is 0 Å². The lowest BCUT2D eigenvalue weighted by atomic mass is 9.87. The lowest BCUT2D eigenvalue weighted by molar-refractivity contribution is -0.132. The van der Waals surface area contributed by atoms with Crippen LogP contribution in [0.4, 0.5) is 0 Å². The Bertz CT molecular complexity index is 900. The van der Waals surface area contributed by atoms with E-state index in [0.717, 1.165) is 73.0 Å². The van der Waals surface area contributed by atoms with Gasteiger partial charge < -0.3 is 14.9 Å². The number of rotatable bonds is 9. The molecule has 1 aromatic rings. The molecule has 1 atom stereocenters. The quantitative estimate of drug-likeness (QED) is 0.252. The summed E-state index contributed by atoms with van der Waals surface area (Å²) in [6.07, 6.45) is 10.5. The van der Waals surface area contributed by atoms with Crippen molar-refractivity contribution in [1.82, 2.24) is 0 Å². The number of allylic oxidation sites excluding steroid dienone is 4. The fourth-order valence-electron chi connectivity index (χ4n) is 4.18. The van der Waals surface area contributed by atoms with Gasteiger partial charge in [0, 0.05) is 0 Å². The normalized spacial score (nSPS) is 19.2. The summed E-state index contributed by atoms with van der Waals surface area (Å²) in [5, 5.41) is 19.2. The topological polar surface area (TPSA) is 66.8 Å². The Labute approximate surface area is 187 Å². The maximum absolute atomic E-state index is 11.5. The minimum Gasteiger partial charge on any atom is -0.508 e. The number of fused-ring (bicyclic) bond motifs is 1. The average Bonchev–Trinajstić information content (AvgIpc) is 2.66. The summed E-state index contributed by atoms with van der Waals surface area (Å²) in [5.74, 6) is 0.391. The number of ether oxygens (including phenoxy) is 1. The van der Waals surface area contributed by atoms with Crippen LogP contribution in [0.3, 0.4) is 0 Å². The van der Waals surface area contributed by atoms with Crippen LogP contribution in [0, 0.1) is 6.92 Å². The molecule has 1 aromatic carbocycles. The molecular weight excluding hydrogens is 388 g/mol. The molecule has 2 rings (SSSR count). The summed E-state index contributed by atoms with van der Waals surface area (Å²) < 4.78 is 6.37. The molecule has 1 aliphatic heterocycles. The van der Waals surface area contributed by atoms with E-state index in [1.165, 1.54) is 5.57 Å². The Morgan fingerprint density at radius 1 is 1.19 bits per heavy atom. The van der Waals surface area contributed by atoms with Gasteiger partial charge in [-0.05, 0) is 116 Å². The Balaban J connectivity index is 1.88. The highest BCUT2D eigenvalue weighted by Crippen LogP contribution is 2.39. The molecule has 1 aliphatic rings. The molecule has 1 heterocycles. The molecule has 170 valence electrons. The Morgan fingerprint density at radius 3 is 2.55 bits per heavy atom. The number of hydrogen-bond donors (Lipinski definition) is 2. The smallest absolute Gasteiger partial charge is 0.335 e. The minimum absolute atomic E-state index is 0.189. The lowest BCUT2D eigenvalue weighted by Crippen LogP contribution is -2.36. The molecule has 31 heavy (non-hydrogen) atoms. The van der Waals surface area contributed by atoms with Gasteiger partial charge in [0.1, 0.15) is 17.1 Å². The summed E-state index contributed by atoms with van der Waals surface area (Å²) in [5.41, 5.74) is 5.60. The Hall–Kier alpha value is -2.49. The summed E-state index contributed by atoms with van der Waals surface area (Å²) in [7, 11) is 0. The van der Waals surface area contributed by atoms with Gasteiger partial charge in [0.25, 0.3) is 0 Å². The van der Waals surface area contributed by atoms with E-state index >= 15 is 0 Å². The van der Waals surface area contributed by atoms with Crippen molar-refractivity contribution in [1.29, 1.82) is 0 Å². The van der Waals surface area contributed by atoms with Crippen LogP contribution in [0.1, 0.15) is 84.3 Å². The second-order valence-electron chi connectivity index (χ2n) is 9.47. The van der Waals surface area contributed by atoms with Crippen LogP contribution >= 0.6 is 0 Å². The van der Waals surface area contributed by atoms with E-state index in [9.17, 15) is 15.0 Å². The molecule has 4 heteroatoms. The van der Waals surface area contributed by atoms with Crippen LogP contribution in [0.15, 0.2) is 46.6 Å². The van der Waals surface area contributed by atoms with Crippen LogP contribution in [0.2, 0.25) is 0 Å². The first kappa shape index (κ1) is 24.8. The van der Waals surface area contributed by atoms with E-state index in [0.29, 0.717) is 11.3 Å². The number of carboxylic acid groups (broad SMARTS) is 1. The molecule has 0 aliphatic carbocycles. The second-order valence-corrected chi connectivity index (χ2v) is 9.47. The van der Waals surface area contributed by atoms with Crippen molar-refractivity contribution in [3.8, 4) is 11.5 Å². The van der Waals surface area contributed by atoms with Gasteiger partial charge in [0.05, 0.1) is 5.57 Å². The predicted octanol–water partition coefficient (Wildman–Crippen LogP) is 7.05. The third-order valence-corrected chi connectivity index (χ3v) is 6.02. The first-order valence-corrected chi connectivity index (χ1v) is 11.3. The van der Waals surface area contributed by atoms with Crippen molar-refractivity contribution in [2.75, 3.05) is 0 Å². The van der Waals surface area contributed by atoms with Crippen LogP contribution in [0.5, 0.6) is 11.5 Å². The third-order valence-electron chi connectivity index (χ3n) is 6.02. The van der Waals surface area contributed by atoms with Crippen molar-refractivity contribution in [2.24, 2.45) is 0 Å². The number of hydrogen-bond acceptors (Lipinski definition) is 3. The van der Waals surface area contributed by atoms with Crippen LogP contribution in [0.25, 0.3) is 0 Å². The molecule has 2 N–H and O–H groups in total. The highest BCUT2D eigenvalue weighted by molar-refractivity contribution is 5.90. The molecule has 0 aromatic heterocycles. The number of aromatic hydroxyl groups is 1. The van der Waals surface area contributed by atoms with Gasteiger partial charge in [-0.3, -0.25) is 0 Å². The molecule has 0 spiro atoms. The van der Waals surface area contributed by atoms with Gasteiger partial charge in [-0.1, -0.05) is 22.8 Å². The second kappa shape index (κ2) is 10.7. The highest BCUT2D eigenvalue weighted by atomic mass is 16.5. The SMILES string of the molecule is CC(C)=CC(C(=O)O)=C(C)CCCC(C)=CCCC1(C)CCc2cc(O)cc(C)c2O1. The van der Waals surface area contributed by atoms with Crippen molar-refractivity contribution < 1.29 is 19.7 Å². The van der Waals surface area contributed by atoms with Crippen LogP contribution in [-0.2, 0) is 11.2 Å². The molecule has 0 radical (unpaired) electrons. The van der Waals surface area contributed by atoms with E-state index in [2.05, 4.69) is 19.9 Å². The van der Waals surface area contributed by atoms with E-state index in [4.69, 9.17) is 4.74 Å². The largest absolute Gasteiger partial charge is 0.508 e. The summed E-state index contributed by atoms with van der Waals surface area (Å²) in [6, 6.07) is 3.58. The number of aryl methyl sites for hydroxylation is 2. The highest BCUT2D eigenvalue weighted by Gasteiger charge is 2.32. The van der Waals surface area contributed by atoms with E-state index in [1.807, 2.05) is 33.8 Å². The molecule has 4 nitrogen and oxygen atoms in total. The van der Waals surface area contributed by atoms with Crippen molar-refractivity contribution in [2.45, 2.75) is 92.1 Å². The first-order valence-electron chi connectivity index (χ1n) is 11.3. The zero-order chi connectivity index (χ0) is 23.2. The summed E-state index contributed by atoms with van der Waals surface area (Å²) >= 11 is 0. The predicted molar refractivity (Wildman–Crippen MR) is 127 cm³/mol. The van der Waals surface area contributed by atoms with Gasteiger partial charge in [-0.25, -0.2) is 4.79 Å². The Morgan fingerprint density at radius 2 is 1.90 bits per heavy atom. The van der Waals surface area contributed by atoms with E-state index in [1.54, 1.807) is 12.1 Å². The van der Waals surface area contributed by atoms with Gasteiger partial charge in [0.15, 0.2) is 0 Å². The zero-order valence-electron chi connectivity index (χ0n) is 20.0. The standard InChI is InChI=1S/C27H38O4/c1-18(2)15-24(26(29)30)20(4)11-7-9-19(3)10-8-13-27(6)14-12-22-17-23(28)16-21(5)25(22)31-27/h10,15-17,28H,7-9,11-14H2,1-6H3,(H,29,30). The van der Waals surface area contributed by atoms with Gasteiger partial charge in [-0.15, -0.1) is 0 Å². The van der Waals surface area contributed by atoms with Crippen molar-refractivity contribution >= 4 is 5.97 Å². The molecule has 0 amide bonds. The summed E-state index contributed by atoms with van der Waals surface area (Å²) in [4.78, 5) is 11.5. The fraction of sp³-hybridized carbons (Fsp3) is 0.519. The maximum atomic E-state index is 11.5.